The molecule has 0 amide bonds. The average Bonchev–Trinajstić information content (AvgIpc) is 2.74. The van der Waals surface area contributed by atoms with Crippen molar-refractivity contribution in [1.29, 1.82) is 0 Å². The molecule has 19 heavy (non-hydrogen) atoms. The normalized spacial score (nSPS) is 23.9. The van der Waals surface area contributed by atoms with Crippen molar-refractivity contribution >= 4 is 51.1 Å². The van der Waals surface area contributed by atoms with Gasteiger partial charge in [-0.1, -0.05) is 0 Å². The summed E-state index contributed by atoms with van der Waals surface area (Å²) in [6, 6.07) is 2.54. The van der Waals surface area contributed by atoms with Crippen LogP contribution in [0.1, 0.15) is 31.7 Å². The maximum absolute atomic E-state index is 5.48. The topological polar surface area (TPSA) is 33.6 Å². The predicted octanol–water partition coefficient (Wildman–Crippen LogP) is 4.70. The molecule has 1 aliphatic carbocycles. The van der Waals surface area contributed by atoms with Crippen molar-refractivity contribution in [2.45, 2.75) is 37.0 Å². The predicted molar refractivity (Wildman–Crippen MR) is 87.4 cm³/mol. The van der Waals surface area contributed by atoms with Gasteiger partial charge in [-0.2, -0.15) is 11.8 Å². The molecule has 102 valence electrons. The lowest BCUT2D eigenvalue weighted by Gasteiger charge is -2.28. The molecule has 2 aromatic heterocycles. The Morgan fingerprint density at radius 1 is 1.42 bits per heavy atom. The molecule has 6 heteroatoms. The van der Waals surface area contributed by atoms with Gasteiger partial charge in [0, 0.05) is 22.0 Å². The number of imidazole rings is 1. The molecule has 1 aliphatic rings. The highest BCUT2D eigenvalue weighted by Gasteiger charge is 2.24. The zero-order valence-electron chi connectivity index (χ0n) is 10.7. The molecular formula is C13H16BrN3S2. The van der Waals surface area contributed by atoms with E-state index in [1.807, 2.05) is 24.0 Å². The first kappa shape index (κ1) is 13.6. The van der Waals surface area contributed by atoms with Crippen LogP contribution >= 0.6 is 39.9 Å². The van der Waals surface area contributed by atoms with Crippen LogP contribution in [-0.4, -0.2) is 26.0 Å². The van der Waals surface area contributed by atoms with Crippen LogP contribution in [0.2, 0.25) is 0 Å². The SMILES string of the molecule is CSC1CCC(n2c(=S)[nH]c3cc(Br)cnc32)CC1. The number of hydrogen-bond donors (Lipinski definition) is 1. The van der Waals surface area contributed by atoms with Crippen molar-refractivity contribution in [3.05, 3.63) is 21.5 Å². The third kappa shape index (κ3) is 2.62. The first-order valence-electron chi connectivity index (χ1n) is 6.47. The Morgan fingerprint density at radius 2 is 2.16 bits per heavy atom. The Kier molecular flexibility index (Phi) is 4.01. The molecule has 0 bridgehead atoms. The van der Waals surface area contributed by atoms with Gasteiger partial charge < -0.3 is 4.98 Å². The highest BCUT2D eigenvalue weighted by molar-refractivity contribution is 9.10. The highest BCUT2D eigenvalue weighted by atomic mass is 79.9. The molecular weight excluding hydrogens is 342 g/mol. The van der Waals surface area contributed by atoms with Crippen LogP contribution < -0.4 is 0 Å². The van der Waals surface area contributed by atoms with Crippen molar-refractivity contribution < 1.29 is 0 Å². The average molecular weight is 358 g/mol. The lowest BCUT2D eigenvalue weighted by atomic mass is 9.95. The number of H-pyrrole nitrogens is 1. The van der Waals surface area contributed by atoms with E-state index in [2.05, 4.69) is 36.7 Å². The standard InChI is InChI=1S/C13H16BrN3S2/c1-19-10-4-2-9(3-5-10)17-12-11(16-13(17)18)6-8(14)7-15-12/h6-7,9-10H,2-5H2,1H3,(H,16,18). The van der Waals surface area contributed by atoms with Gasteiger partial charge in [-0.25, -0.2) is 4.98 Å². The Morgan fingerprint density at radius 3 is 2.84 bits per heavy atom. The van der Waals surface area contributed by atoms with E-state index in [-0.39, 0.29) is 0 Å². The van der Waals surface area contributed by atoms with Gasteiger partial charge in [0.05, 0.1) is 5.52 Å². The van der Waals surface area contributed by atoms with Crippen LogP contribution in [0, 0.1) is 4.77 Å². The molecule has 0 radical (unpaired) electrons. The summed E-state index contributed by atoms with van der Waals surface area (Å²) in [7, 11) is 0. The number of hydrogen-bond acceptors (Lipinski definition) is 3. The molecule has 2 heterocycles. The second-order valence-electron chi connectivity index (χ2n) is 4.99. The van der Waals surface area contributed by atoms with Crippen molar-refractivity contribution in [3.8, 4) is 0 Å². The summed E-state index contributed by atoms with van der Waals surface area (Å²) in [5, 5.41) is 0.817. The van der Waals surface area contributed by atoms with Crippen LogP contribution in [0.5, 0.6) is 0 Å². The van der Waals surface area contributed by atoms with Gasteiger partial charge in [0.15, 0.2) is 10.4 Å². The monoisotopic (exact) mass is 357 g/mol. The van der Waals surface area contributed by atoms with E-state index in [9.17, 15) is 0 Å². The van der Waals surface area contributed by atoms with E-state index in [1.54, 1.807) is 0 Å². The number of nitrogens with zero attached hydrogens (tertiary/aromatic N) is 2. The minimum Gasteiger partial charge on any atom is -0.329 e. The lowest BCUT2D eigenvalue weighted by molar-refractivity contribution is 0.362. The molecule has 1 N–H and O–H groups in total. The third-order valence-corrected chi connectivity index (χ3v) is 5.73. The number of aromatic amines is 1. The zero-order valence-corrected chi connectivity index (χ0v) is 13.9. The first-order valence-corrected chi connectivity index (χ1v) is 8.96. The van der Waals surface area contributed by atoms with Crippen LogP contribution in [0.15, 0.2) is 16.7 Å². The van der Waals surface area contributed by atoms with Crippen LogP contribution in [0.25, 0.3) is 11.2 Å². The molecule has 0 unspecified atom stereocenters. The Balaban J connectivity index is 1.97. The maximum Gasteiger partial charge on any atom is 0.179 e. The molecule has 3 nitrogen and oxygen atoms in total. The number of nitrogens with one attached hydrogen (secondary N) is 1. The summed E-state index contributed by atoms with van der Waals surface area (Å²) in [6.45, 7) is 0. The smallest absolute Gasteiger partial charge is 0.179 e. The number of fused-ring (bicyclic) bond motifs is 1. The van der Waals surface area contributed by atoms with Crippen molar-refractivity contribution in [2.24, 2.45) is 0 Å². The maximum atomic E-state index is 5.48. The van der Waals surface area contributed by atoms with Gasteiger partial charge in [0.25, 0.3) is 0 Å². The molecule has 1 saturated carbocycles. The second kappa shape index (κ2) is 5.58. The minimum atomic E-state index is 0.498. The largest absolute Gasteiger partial charge is 0.329 e. The van der Waals surface area contributed by atoms with Gasteiger partial charge in [-0.05, 0) is 66.2 Å². The summed E-state index contributed by atoms with van der Waals surface area (Å²) in [4.78, 5) is 7.80. The number of pyridine rings is 1. The summed E-state index contributed by atoms with van der Waals surface area (Å²) in [6.07, 6.45) is 9.00. The van der Waals surface area contributed by atoms with E-state index in [4.69, 9.17) is 12.2 Å². The fraction of sp³-hybridized carbons (Fsp3) is 0.538. The molecule has 2 aromatic rings. The van der Waals surface area contributed by atoms with Gasteiger partial charge >= 0.3 is 0 Å². The highest BCUT2D eigenvalue weighted by Crippen LogP contribution is 2.35. The van der Waals surface area contributed by atoms with E-state index in [0.717, 1.165) is 25.7 Å². The number of rotatable bonds is 2. The van der Waals surface area contributed by atoms with Crippen LogP contribution in [0.4, 0.5) is 0 Å². The Bertz CT molecular complexity index is 641. The van der Waals surface area contributed by atoms with Crippen LogP contribution in [0.3, 0.4) is 0 Å². The van der Waals surface area contributed by atoms with Gasteiger partial charge in [0.1, 0.15) is 0 Å². The van der Waals surface area contributed by atoms with Crippen molar-refractivity contribution in [2.75, 3.05) is 6.26 Å². The zero-order chi connectivity index (χ0) is 13.4. The molecule has 1 fully saturated rings. The van der Waals surface area contributed by atoms with Crippen molar-refractivity contribution in [3.63, 3.8) is 0 Å². The minimum absolute atomic E-state index is 0.498. The quantitative estimate of drug-likeness (QED) is 0.790. The lowest BCUT2D eigenvalue weighted by Crippen LogP contribution is -2.19. The summed E-state index contributed by atoms with van der Waals surface area (Å²) < 4.78 is 4.00. The third-order valence-electron chi connectivity index (χ3n) is 3.86. The summed E-state index contributed by atoms with van der Waals surface area (Å²) in [5.74, 6) is 0. The number of halogens is 1. The summed E-state index contributed by atoms with van der Waals surface area (Å²) in [5.41, 5.74) is 2.01. The van der Waals surface area contributed by atoms with Gasteiger partial charge in [-0.15, -0.1) is 0 Å². The second-order valence-corrected chi connectivity index (χ2v) is 7.43. The molecule has 0 saturated heterocycles. The van der Waals surface area contributed by atoms with Gasteiger partial charge in [-0.3, -0.25) is 4.57 Å². The van der Waals surface area contributed by atoms with Crippen LogP contribution in [-0.2, 0) is 0 Å². The summed E-state index contributed by atoms with van der Waals surface area (Å²) >= 11 is 10.9. The van der Waals surface area contributed by atoms with E-state index < -0.39 is 0 Å². The van der Waals surface area contributed by atoms with E-state index in [1.165, 1.54) is 25.7 Å². The molecule has 0 aromatic carbocycles. The number of thioether (sulfide) groups is 1. The molecule has 0 aliphatic heterocycles. The fourth-order valence-electron chi connectivity index (χ4n) is 2.87. The fourth-order valence-corrected chi connectivity index (χ4v) is 4.29. The molecule has 0 spiro atoms. The van der Waals surface area contributed by atoms with E-state index in [0.29, 0.717) is 6.04 Å². The van der Waals surface area contributed by atoms with Gasteiger partial charge in [0.2, 0.25) is 0 Å². The van der Waals surface area contributed by atoms with Crippen molar-refractivity contribution in [1.82, 2.24) is 14.5 Å². The molecule has 3 rings (SSSR count). The van der Waals surface area contributed by atoms with E-state index >= 15 is 0 Å². The Labute approximate surface area is 130 Å². The number of aromatic nitrogens is 3. The first-order chi connectivity index (χ1) is 9.19. The Hall–Kier alpha value is -0.330. The molecule has 0 atom stereocenters.